The Kier molecular flexibility index (Phi) is 8.19. The van der Waals surface area contributed by atoms with Gasteiger partial charge in [-0.1, -0.05) is 33.6 Å². The van der Waals surface area contributed by atoms with Gasteiger partial charge in [-0.2, -0.15) is 0 Å². The molecule has 0 aromatic carbocycles. The van der Waals surface area contributed by atoms with Gasteiger partial charge in [0.2, 0.25) is 0 Å². The molecule has 0 aromatic rings. The lowest BCUT2D eigenvalue weighted by Gasteiger charge is -2.19. The van der Waals surface area contributed by atoms with E-state index in [9.17, 15) is 9.59 Å². The summed E-state index contributed by atoms with van der Waals surface area (Å²) in [6, 6.07) is -0.906. The summed E-state index contributed by atoms with van der Waals surface area (Å²) in [7, 11) is 1.32. The number of amides is 2. The molecule has 2 N–H and O–H groups in total. The number of esters is 1. The molecule has 100 valence electrons. The lowest BCUT2D eigenvalue weighted by atomic mass is 10.1. The summed E-state index contributed by atoms with van der Waals surface area (Å²) in [6.07, 6.45) is 3.15. The molecule has 0 saturated carbocycles. The van der Waals surface area contributed by atoms with Crippen molar-refractivity contribution in [2.24, 2.45) is 5.92 Å². The summed E-state index contributed by atoms with van der Waals surface area (Å²) >= 11 is 0. The van der Waals surface area contributed by atoms with Crippen molar-refractivity contribution in [2.45, 2.75) is 46.1 Å². The predicted molar refractivity (Wildman–Crippen MR) is 66.7 cm³/mol. The Balaban J connectivity index is 4.00. The zero-order valence-corrected chi connectivity index (χ0v) is 11.2. The van der Waals surface area contributed by atoms with E-state index in [0.717, 1.165) is 19.3 Å². The highest BCUT2D eigenvalue weighted by Crippen LogP contribution is 2.03. The van der Waals surface area contributed by atoms with Crippen molar-refractivity contribution in [3.05, 3.63) is 0 Å². The van der Waals surface area contributed by atoms with Crippen LogP contribution in [0.4, 0.5) is 4.79 Å². The van der Waals surface area contributed by atoms with Crippen molar-refractivity contribution in [2.75, 3.05) is 13.7 Å². The summed E-state index contributed by atoms with van der Waals surface area (Å²) in [5.74, 6) is -0.410. The highest BCUT2D eigenvalue weighted by atomic mass is 16.5. The molecule has 0 bridgehead atoms. The minimum atomic E-state index is -0.592. The summed E-state index contributed by atoms with van der Waals surface area (Å²) < 4.78 is 4.64. The van der Waals surface area contributed by atoms with Gasteiger partial charge in [0.05, 0.1) is 7.11 Å². The van der Waals surface area contributed by atoms with E-state index in [1.165, 1.54) is 7.11 Å². The predicted octanol–water partition coefficient (Wildman–Crippen LogP) is 1.67. The number of carbonyl (C=O) groups excluding carboxylic acids is 2. The quantitative estimate of drug-likeness (QED) is 0.529. The molecule has 0 fully saturated rings. The SMILES string of the molecule is CCCCCNC(=O)N[C@@H](C(=O)OC)C(C)C. The Morgan fingerprint density at radius 1 is 1.24 bits per heavy atom. The molecule has 0 spiro atoms. The van der Waals surface area contributed by atoms with Crippen molar-refractivity contribution < 1.29 is 14.3 Å². The highest BCUT2D eigenvalue weighted by molar-refractivity contribution is 5.83. The van der Waals surface area contributed by atoms with Gasteiger partial charge in [-0.15, -0.1) is 0 Å². The van der Waals surface area contributed by atoms with E-state index < -0.39 is 12.0 Å². The van der Waals surface area contributed by atoms with Crippen molar-refractivity contribution >= 4 is 12.0 Å². The molecule has 0 radical (unpaired) electrons. The maximum atomic E-state index is 11.5. The Hall–Kier alpha value is -1.26. The fraction of sp³-hybridized carbons (Fsp3) is 0.833. The normalized spacial score (nSPS) is 12.1. The second-order valence-electron chi connectivity index (χ2n) is 4.35. The third-order valence-corrected chi connectivity index (χ3v) is 2.47. The second kappa shape index (κ2) is 8.84. The molecule has 0 saturated heterocycles. The molecule has 0 aliphatic rings. The summed E-state index contributed by atoms with van der Waals surface area (Å²) in [6.45, 7) is 6.45. The zero-order chi connectivity index (χ0) is 13.3. The Morgan fingerprint density at radius 2 is 1.88 bits per heavy atom. The fourth-order valence-electron chi connectivity index (χ4n) is 1.39. The average Bonchev–Trinajstić information content (AvgIpc) is 2.30. The minimum absolute atomic E-state index is 0.00356. The van der Waals surface area contributed by atoms with Crippen LogP contribution in [0.1, 0.15) is 40.0 Å². The van der Waals surface area contributed by atoms with Gasteiger partial charge >= 0.3 is 12.0 Å². The van der Waals surface area contributed by atoms with Crippen LogP contribution < -0.4 is 10.6 Å². The number of urea groups is 1. The zero-order valence-electron chi connectivity index (χ0n) is 11.2. The van der Waals surface area contributed by atoms with Gasteiger partial charge in [0.25, 0.3) is 0 Å². The van der Waals surface area contributed by atoms with E-state index in [1.54, 1.807) is 0 Å². The van der Waals surface area contributed by atoms with Gasteiger partial charge in [0.15, 0.2) is 0 Å². The second-order valence-corrected chi connectivity index (χ2v) is 4.35. The van der Waals surface area contributed by atoms with E-state index in [1.807, 2.05) is 13.8 Å². The molecule has 0 aliphatic heterocycles. The first kappa shape index (κ1) is 15.7. The standard InChI is InChI=1S/C12H24N2O3/c1-5-6-7-8-13-12(16)14-10(9(2)3)11(15)17-4/h9-10H,5-8H2,1-4H3,(H2,13,14,16)/t10-/m1/s1. The van der Waals surface area contributed by atoms with Crippen molar-refractivity contribution in [1.82, 2.24) is 10.6 Å². The minimum Gasteiger partial charge on any atom is -0.467 e. The maximum absolute atomic E-state index is 11.5. The van der Waals surface area contributed by atoms with Crippen LogP contribution in [0.25, 0.3) is 0 Å². The van der Waals surface area contributed by atoms with Crippen LogP contribution in [0.5, 0.6) is 0 Å². The lowest BCUT2D eigenvalue weighted by molar-refractivity contribution is -0.143. The Morgan fingerprint density at radius 3 is 2.35 bits per heavy atom. The van der Waals surface area contributed by atoms with Crippen LogP contribution in [-0.4, -0.2) is 31.7 Å². The van der Waals surface area contributed by atoms with Gasteiger partial charge in [0, 0.05) is 6.54 Å². The first-order valence-electron chi connectivity index (χ1n) is 6.15. The number of methoxy groups -OCH3 is 1. The largest absolute Gasteiger partial charge is 0.467 e. The molecule has 0 unspecified atom stereocenters. The van der Waals surface area contributed by atoms with Crippen LogP contribution in [0, 0.1) is 5.92 Å². The number of carbonyl (C=O) groups is 2. The van der Waals surface area contributed by atoms with Gasteiger partial charge in [-0.3, -0.25) is 0 Å². The van der Waals surface area contributed by atoms with Crippen LogP contribution in [0.2, 0.25) is 0 Å². The first-order chi connectivity index (χ1) is 8.02. The average molecular weight is 244 g/mol. The number of ether oxygens (including phenoxy) is 1. The summed E-state index contributed by atoms with van der Waals surface area (Å²) in [4.78, 5) is 22.9. The molecule has 2 amide bonds. The van der Waals surface area contributed by atoms with E-state index in [0.29, 0.717) is 6.54 Å². The molecule has 0 heterocycles. The summed E-state index contributed by atoms with van der Waals surface area (Å²) in [5.41, 5.74) is 0. The lowest BCUT2D eigenvalue weighted by Crippen LogP contribution is -2.49. The molecule has 0 aromatic heterocycles. The van der Waals surface area contributed by atoms with Gasteiger partial charge < -0.3 is 15.4 Å². The Bertz CT molecular complexity index is 242. The molecule has 5 nitrogen and oxygen atoms in total. The number of hydrogen-bond donors (Lipinski definition) is 2. The smallest absolute Gasteiger partial charge is 0.328 e. The fourth-order valence-corrected chi connectivity index (χ4v) is 1.39. The number of nitrogens with one attached hydrogen (secondary N) is 2. The first-order valence-corrected chi connectivity index (χ1v) is 6.15. The van der Waals surface area contributed by atoms with Crippen LogP contribution >= 0.6 is 0 Å². The van der Waals surface area contributed by atoms with Gasteiger partial charge in [-0.05, 0) is 12.3 Å². The molecular weight excluding hydrogens is 220 g/mol. The van der Waals surface area contributed by atoms with E-state index in [2.05, 4.69) is 22.3 Å². The Labute approximate surface area is 103 Å². The van der Waals surface area contributed by atoms with Crippen molar-refractivity contribution in [3.8, 4) is 0 Å². The number of rotatable bonds is 7. The highest BCUT2D eigenvalue weighted by Gasteiger charge is 2.24. The van der Waals surface area contributed by atoms with Crippen molar-refractivity contribution in [3.63, 3.8) is 0 Å². The van der Waals surface area contributed by atoms with Crippen LogP contribution in [0.3, 0.4) is 0 Å². The van der Waals surface area contributed by atoms with Crippen molar-refractivity contribution in [1.29, 1.82) is 0 Å². The summed E-state index contributed by atoms with van der Waals surface area (Å²) in [5, 5.41) is 5.34. The van der Waals surface area contributed by atoms with E-state index in [4.69, 9.17) is 0 Å². The van der Waals surface area contributed by atoms with Gasteiger partial charge in [0.1, 0.15) is 6.04 Å². The third-order valence-electron chi connectivity index (χ3n) is 2.47. The molecule has 0 rings (SSSR count). The monoisotopic (exact) mass is 244 g/mol. The van der Waals surface area contributed by atoms with Crippen LogP contribution in [-0.2, 0) is 9.53 Å². The number of hydrogen-bond acceptors (Lipinski definition) is 3. The molecule has 1 atom stereocenters. The molecule has 5 heteroatoms. The van der Waals surface area contributed by atoms with Crippen LogP contribution in [0.15, 0.2) is 0 Å². The molecular formula is C12H24N2O3. The number of unbranched alkanes of at least 4 members (excludes halogenated alkanes) is 2. The molecule has 0 aliphatic carbocycles. The topological polar surface area (TPSA) is 67.4 Å². The van der Waals surface area contributed by atoms with E-state index in [-0.39, 0.29) is 11.9 Å². The van der Waals surface area contributed by atoms with E-state index >= 15 is 0 Å². The van der Waals surface area contributed by atoms with Gasteiger partial charge in [-0.25, -0.2) is 9.59 Å². The third kappa shape index (κ3) is 6.81. The maximum Gasteiger partial charge on any atom is 0.328 e. The molecule has 17 heavy (non-hydrogen) atoms.